The molecule has 0 unspecified atom stereocenters. The minimum absolute atomic E-state index is 0.0207. The number of hydrogen-bond donors (Lipinski definition) is 1. The van der Waals surface area contributed by atoms with Gasteiger partial charge in [-0.25, -0.2) is 4.68 Å². The van der Waals surface area contributed by atoms with Crippen molar-refractivity contribution in [1.82, 2.24) is 19.7 Å². The number of carbonyl (C=O) groups is 2. The van der Waals surface area contributed by atoms with Crippen molar-refractivity contribution in [2.75, 3.05) is 34.2 Å². The number of carboxylic acids is 1. The van der Waals surface area contributed by atoms with Gasteiger partial charge in [0.15, 0.2) is 0 Å². The third-order valence-corrected chi connectivity index (χ3v) is 6.57. The number of pyridine rings is 1. The summed E-state index contributed by atoms with van der Waals surface area (Å²) in [5.41, 5.74) is 0.458. The van der Waals surface area contributed by atoms with Crippen LogP contribution in [0.1, 0.15) is 40.5 Å². The molecule has 0 fully saturated rings. The number of aliphatic carboxylic acids is 1. The number of amides is 1. The summed E-state index contributed by atoms with van der Waals surface area (Å²) in [4.78, 5) is 35.9. The number of hydrogen-bond acceptors (Lipinski definition) is 6. The fraction of sp³-hybridized carbons (Fsp3) is 0.281. The number of quaternary nitrogens is 1. The van der Waals surface area contributed by atoms with Crippen LogP contribution in [-0.2, 0) is 11.0 Å². The molecule has 45 heavy (non-hydrogen) atoms. The maximum absolute atomic E-state index is 13.7. The van der Waals surface area contributed by atoms with E-state index < -0.39 is 29.2 Å². The summed E-state index contributed by atoms with van der Waals surface area (Å²) < 4.78 is 44.1. The van der Waals surface area contributed by atoms with Gasteiger partial charge >= 0.3 is 6.18 Å². The number of aromatic nitrogens is 3. The molecule has 10 nitrogen and oxygen atoms in total. The molecule has 236 valence electrons. The Morgan fingerprint density at radius 2 is 1.69 bits per heavy atom. The van der Waals surface area contributed by atoms with E-state index in [1.54, 1.807) is 41.9 Å². The molecule has 0 saturated heterocycles. The van der Waals surface area contributed by atoms with Gasteiger partial charge in [0.25, 0.3) is 11.5 Å². The van der Waals surface area contributed by atoms with Gasteiger partial charge in [0, 0.05) is 35.9 Å². The van der Waals surface area contributed by atoms with Crippen molar-refractivity contribution in [1.29, 1.82) is 5.26 Å². The number of nitriles is 1. The summed E-state index contributed by atoms with van der Waals surface area (Å²) in [6.07, 6.45) is -2.41. The molecule has 0 radical (unpaired) electrons. The number of carbonyl (C=O) groups excluding carboxylic acids is 2. The van der Waals surface area contributed by atoms with Gasteiger partial charge in [0.1, 0.15) is 5.56 Å². The van der Waals surface area contributed by atoms with E-state index in [0.29, 0.717) is 45.7 Å². The average molecular weight is 623 g/mol. The molecule has 0 spiro atoms. The van der Waals surface area contributed by atoms with E-state index in [9.17, 15) is 22.8 Å². The first-order valence-corrected chi connectivity index (χ1v) is 13.8. The van der Waals surface area contributed by atoms with Crippen LogP contribution in [0.3, 0.4) is 0 Å². The lowest BCUT2D eigenvalue weighted by molar-refractivity contribution is -0.870. The van der Waals surface area contributed by atoms with Crippen LogP contribution >= 0.6 is 0 Å². The second kappa shape index (κ2) is 14.0. The number of carboxylic acid groups (broad SMARTS) is 1. The minimum atomic E-state index is -4.62. The van der Waals surface area contributed by atoms with E-state index in [1.807, 2.05) is 21.1 Å². The lowest BCUT2D eigenvalue weighted by Gasteiger charge is -2.23. The maximum Gasteiger partial charge on any atom is 0.416 e. The Morgan fingerprint density at radius 1 is 1.04 bits per heavy atom. The summed E-state index contributed by atoms with van der Waals surface area (Å²) in [6.45, 7) is 3.69. The van der Waals surface area contributed by atoms with Crippen LogP contribution in [0.4, 0.5) is 13.2 Å². The smallest absolute Gasteiger partial charge is 0.416 e. The first-order valence-electron chi connectivity index (χ1n) is 13.8. The van der Waals surface area contributed by atoms with Crippen LogP contribution in [0.15, 0.2) is 71.7 Å². The first-order chi connectivity index (χ1) is 21.0. The van der Waals surface area contributed by atoms with Gasteiger partial charge in [-0.3, -0.25) is 14.2 Å². The third kappa shape index (κ3) is 8.90. The average Bonchev–Trinajstić information content (AvgIpc) is 3.44. The zero-order valence-electron chi connectivity index (χ0n) is 25.5. The van der Waals surface area contributed by atoms with E-state index in [2.05, 4.69) is 16.5 Å². The Morgan fingerprint density at radius 3 is 2.27 bits per heavy atom. The molecule has 4 rings (SSSR count). The summed E-state index contributed by atoms with van der Waals surface area (Å²) >= 11 is 0. The maximum atomic E-state index is 13.7. The molecule has 0 aliphatic rings. The molecule has 0 atom stereocenters. The predicted octanol–water partition coefficient (Wildman–Crippen LogP) is 3.47. The first kappa shape index (κ1) is 34.3. The largest absolute Gasteiger partial charge is 0.550 e. The molecule has 1 amide bonds. The normalized spacial score (nSPS) is 11.3. The molecular weight excluding hydrogens is 589 g/mol. The highest BCUT2D eigenvalue weighted by Gasteiger charge is 2.31. The minimum Gasteiger partial charge on any atom is -0.550 e. The van der Waals surface area contributed by atoms with E-state index in [-0.39, 0.29) is 11.3 Å². The number of halogens is 3. The Bertz CT molecular complexity index is 1770. The second-order valence-corrected chi connectivity index (χ2v) is 11.1. The van der Waals surface area contributed by atoms with Crippen molar-refractivity contribution in [3.8, 4) is 28.7 Å². The zero-order valence-corrected chi connectivity index (χ0v) is 25.5. The molecule has 4 aromatic rings. The molecule has 0 aliphatic carbocycles. The Labute approximate surface area is 258 Å². The van der Waals surface area contributed by atoms with Crippen molar-refractivity contribution in [3.63, 3.8) is 0 Å². The van der Waals surface area contributed by atoms with Gasteiger partial charge in [-0.15, -0.1) is 0 Å². The molecule has 2 heterocycles. The molecule has 13 heteroatoms. The standard InChI is InChI=1S/C30H29F3N6O2.C2H4O2/c1-20-25(27-13-15-36-38(27)23-11-9-21(19-34)10-12-23)18-26(28(40)35-14-6-16-39(2,3)4)29(41)37(20)24-8-5-7-22(17-24)30(31,32)33;1-2(3)4/h5,7-13,15,17-18H,6,14,16H2,1-4H3;1H3,(H,3,4). The van der Waals surface area contributed by atoms with Gasteiger partial charge in [-0.2, -0.15) is 23.5 Å². The van der Waals surface area contributed by atoms with E-state index in [1.165, 1.54) is 24.4 Å². The number of benzene rings is 2. The molecule has 0 saturated carbocycles. The van der Waals surface area contributed by atoms with Crippen molar-refractivity contribution >= 4 is 11.9 Å². The lowest BCUT2D eigenvalue weighted by Crippen LogP contribution is -2.38. The van der Waals surface area contributed by atoms with Crippen LogP contribution in [-0.4, -0.2) is 64.9 Å². The Kier molecular flexibility index (Phi) is 10.7. The summed E-state index contributed by atoms with van der Waals surface area (Å²) in [6, 6.07) is 16.3. The molecule has 0 aliphatic heterocycles. The number of alkyl halides is 3. The Hall–Kier alpha value is -5.22. The topological polar surface area (TPSA) is 133 Å². The molecule has 2 aromatic carbocycles. The zero-order chi connectivity index (χ0) is 33.5. The molecular formula is C32H33F3N6O4. The summed E-state index contributed by atoms with van der Waals surface area (Å²) in [7, 11) is 6.08. The summed E-state index contributed by atoms with van der Waals surface area (Å²) in [5, 5.41) is 25.2. The van der Waals surface area contributed by atoms with Gasteiger partial charge in [-0.05, 0) is 68.4 Å². The van der Waals surface area contributed by atoms with E-state index >= 15 is 0 Å². The molecule has 1 N–H and O–H groups in total. The molecule has 0 bridgehead atoms. The number of nitrogens with zero attached hydrogens (tertiary/aromatic N) is 5. The molecule has 2 aromatic heterocycles. The van der Waals surface area contributed by atoms with Gasteiger partial charge in [0.05, 0.1) is 62.5 Å². The van der Waals surface area contributed by atoms with Crippen LogP contribution in [0.2, 0.25) is 0 Å². The van der Waals surface area contributed by atoms with Gasteiger partial charge < -0.3 is 19.7 Å². The SMILES string of the molecule is CC(=O)[O-].Cc1c(-c2ccnn2-c2ccc(C#N)cc2)cc(C(=O)NCCC[N+](C)(C)C)c(=O)n1-c1cccc(C(F)(F)F)c1. The number of nitrogens with one attached hydrogen (secondary N) is 1. The predicted molar refractivity (Wildman–Crippen MR) is 160 cm³/mol. The fourth-order valence-electron chi connectivity index (χ4n) is 4.50. The van der Waals surface area contributed by atoms with Crippen molar-refractivity contribution < 1.29 is 32.3 Å². The van der Waals surface area contributed by atoms with Crippen LogP contribution in [0.25, 0.3) is 22.6 Å². The lowest BCUT2D eigenvalue weighted by atomic mass is 10.0. The quantitative estimate of drug-likeness (QED) is 0.236. The van der Waals surface area contributed by atoms with Gasteiger partial charge in [-0.1, -0.05) is 6.07 Å². The van der Waals surface area contributed by atoms with Crippen LogP contribution < -0.4 is 16.0 Å². The highest BCUT2D eigenvalue weighted by Crippen LogP contribution is 2.32. The van der Waals surface area contributed by atoms with Crippen molar-refractivity contribution in [2.45, 2.75) is 26.4 Å². The van der Waals surface area contributed by atoms with Gasteiger partial charge in [0.2, 0.25) is 0 Å². The third-order valence-electron chi connectivity index (χ3n) is 6.57. The number of rotatable bonds is 8. The van der Waals surface area contributed by atoms with Crippen LogP contribution in [0, 0.1) is 18.3 Å². The highest BCUT2D eigenvalue weighted by molar-refractivity contribution is 5.95. The highest BCUT2D eigenvalue weighted by atomic mass is 19.4. The second-order valence-electron chi connectivity index (χ2n) is 11.1. The summed E-state index contributed by atoms with van der Waals surface area (Å²) in [5.74, 6) is -1.71. The van der Waals surface area contributed by atoms with Crippen molar-refractivity contribution in [2.24, 2.45) is 0 Å². The van der Waals surface area contributed by atoms with E-state index in [0.717, 1.165) is 30.2 Å². The van der Waals surface area contributed by atoms with Crippen LogP contribution in [0.5, 0.6) is 0 Å². The Balaban J connectivity index is 0.00000130. The monoisotopic (exact) mass is 622 g/mol. The van der Waals surface area contributed by atoms with E-state index in [4.69, 9.17) is 15.2 Å². The fourth-order valence-corrected chi connectivity index (χ4v) is 4.50. The van der Waals surface area contributed by atoms with Crippen molar-refractivity contribution in [3.05, 3.63) is 99.6 Å².